The van der Waals surface area contributed by atoms with E-state index >= 15 is 0 Å². The third kappa shape index (κ3) is 5.21. The number of hydrogen-bond donors (Lipinski definition) is 3. The fourth-order valence-electron chi connectivity index (χ4n) is 3.38. The number of fused-ring (bicyclic) bond motifs is 1. The Morgan fingerprint density at radius 3 is 2.60 bits per heavy atom. The Hall–Kier alpha value is -2.04. The Morgan fingerprint density at radius 2 is 1.96 bits per heavy atom. The lowest BCUT2D eigenvalue weighted by Crippen LogP contribution is -2.50. The minimum Gasteiger partial charge on any atom is -0.399 e. The molecule has 25 heavy (non-hydrogen) atoms. The van der Waals surface area contributed by atoms with E-state index < -0.39 is 6.04 Å². The van der Waals surface area contributed by atoms with Gasteiger partial charge in [0.15, 0.2) is 0 Å². The van der Waals surface area contributed by atoms with E-state index in [1.165, 1.54) is 5.56 Å². The molecule has 0 radical (unpaired) electrons. The Labute approximate surface area is 150 Å². The van der Waals surface area contributed by atoms with Gasteiger partial charge in [0.25, 0.3) is 0 Å². The van der Waals surface area contributed by atoms with Crippen molar-refractivity contribution in [3.63, 3.8) is 0 Å². The largest absolute Gasteiger partial charge is 0.399 e. The van der Waals surface area contributed by atoms with Gasteiger partial charge < -0.3 is 16.4 Å². The van der Waals surface area contributed by atoms with E-state index in [4.69, 9.17) is 5.73 Å². The number of carbonyl (C=O) groups is 2. The first-order valence-corrected chi connectivity index (χ1v) is 9.26. The Morgan fingerprint density at radius 1 is 1.24 bits per heavy atom. The molecule has 4 N–H and O–H groups in total. The van der Waals surface area contributed by atoms with Crippen LogP contribution >= 0.6 is 0 Å². The number of nitrogens with two attached hydrogens (primary N) is 1. The van der Waals surface area contributed by atoms with Crippen molar-refractivity contribution in [3.05, 3.63) is 29.3 Å². The summed E-state index contributed by atoms with van der Waals surface area (Å²) in [5.74, 6) is 0.125. The number of aryl methyl sites for hydroxylation is 1. The molecular formula is C20H31N3O2. The lowest BCUT2D eigenvalue weighted by atomic mass is 9.87. The highest BCUT2D eigenvalue weighted by Crippen LogP contribution is 2.31. The molecule has 1 aromatic rings. The van der Waals surface area contributed by atoms with Crippen LogP contribution in [0.3, 0.4) is 0 Å². The highest BCUT2D eigenvalue weighted by Gasteiger charge is 2.28. The van der Waals surface area contributed by atoms with Gasteiger partial charge in [0.1, 0.15) is 6.04 Å². The first-order chi connectivity index (χ1) is 11.8. The number of anilines is 1. The second kappa shape index (κ2) is 8.37. The predicted octanol–water partition coefficient (Wildman–Crippen LogP) is 2.95. The molecule has 1 aliphatic rings. The molecule has 0 heterocycles. The molecule has 0 fully saturated rings. The van der Waals surface area contributed by atoms with E-state index in [2.05, 4.69) is 10.6 Å². The molecule has 5 nitrogen and oxygen atoms in total. The van der Waals surface area contributed by atoms with E-state index in [0.29, 0.717) is 6.42 Å². The van der Waals surface area contributed by atoms with Gasteiger partial charge in [0.2, 0.25) is 11.8 Å². The van der Waals surface area contributed by atoms with E-state index in [9.17, 15) is 9.59 Å². The summed E-state index contributed by atoms with van der Waals surface area (Å²) in [6.07, 6.45) is 3.36. The number of nitrogen functional groups attached to an aromatic ring is 1. The van der Waals surface area contributed by atoms with Gasteiger partial charge in [-0.05, 0) is 54.4 Å². The summed E-state index contributed by atoms with van der Waals surface area (Å²) < 4.78 is 0. The smallest absolute Gasteiger partial charge is 0.243 e. The van der Waals surface area contributed by atoms with Crippen LogP contribution in [0.4, 0.5) is 5.69 Å². The number of hydrogen-bond acceptors (Lipinski definition) is 3. The van der Waals surface area contributed by atoms with E-state index in [1.807, 2.05) is 45.9 Å². The third-order valence-electron chi connectivity index (χ3n) is 4.66. The summed E-state index contributed by atoms with van der Waals surface area (Å²) >= 11 is 0. The lowest BCUT2D eigenvalue weighted by Gasteiger charge is -2.30. The SMILES string of the molecule is CC(C)CC(=O)NC(C(=O)NC1CCCc2cc(N)ccc21)C(C)C. The highest BCUT2D eigenvalue weighted by atomic mass is 16.2. The van der Waals surface area contributed by atoms with Gasteiger partial charge in [0, 0.05) is 12.1 Å². The first kappa shape index (κ1) is 19.3. The normalized spacial score (nSPS) is 17.9. The monoisotopic (exact) mass is 345 g/mol. The molecular weight excluding hydrogens is 314 g/mol. The molecule has 2 unspecified atom stereocenters. The minimum atomic E-state index is -0.509. The molecule has 2 amide bonds. The van der Waals surface area contributed by atoms with E-state index in [1.54, 1.807) is 0 Å². The van der Waals surface area contributed by atoms with Crippen LogP contribution in [-0.2, 0) is 16.0 Å². The van der Waals surface area contributed by atoms with Crippen LogP contribution in [0.25, 0.3) is 0 Å². The van der Waals surface area contributed by atoms with Crippen molar-refractivity contribution >= 4 is 17.5 Å². The zero-order valence-corrected chi connectivity index (χ0v) is 15.8. The Balaban J connectivity index is 2.08. The Kier molecular flexibility index (Phi) is 6.45. The summed E-state index contributed by atoms with van der Waals surface area (Å²) in [5.41, 5.74) is 8.99. The van der Waals surface area contributed by atoms with Crippen LogP contribution in [-0.4, -0.2) is 17.9 Å². The van der Waals surface area contributed by atoms with Gasteiger partial charge in [-0.3, -0.25) is 9.59 Å². The Bertz CT molecular complexity index is 625. The van der Waals surface area contributed by atoms with Crippen LogP contribution in [0.15, 0.2) is 18.2 Å². The summed E-state index contributed by atoms with van der Waals surface area (Å²) in [7, 11) is 0. The second-order valence-electron chi connectivity index (χ2n) is 7.80. The molecule has 0 saturated heterocycles. The molecule has 0 aromatic heterocycles. The molecule has 0 saturated carbocycles. The van der Waals surface area contributed by atoms with Crippen molar-refractivity contribution < 1.29 is 9.59 Å². The van der Waals surface area contributed by atoms with Gasteiger partial charge in [-0.25, -0.2) is 0 Å². The summed E-state index contributed by atoms with van der Waals surface area (Å²) in [4.78, 5) is 24.9. The summed E-state index contributed by atoms with van der Waals surface area (Å²) in [6, 6.07) is 5.37. The van der Waals surface area contributed by atoms with Gasteiger partial charge in [0.05, 0.1) is 6.04 Å². The van der Waals surface area contributed by atoms with Crippen LogP contribution in [0.2, 0.25) is 0 Å². The molecule has 0 aliphatic heterocycles. The molecule has 138 valence electrons. The van der Waals surface area contributed by atoms with Gasteiger partial charge >= 0.3 is 0 Å². The second-order valence-corrected chi connectivity index (χ2v) is 7.80. The highest BCUT2D eigenvalue weighted by molar-refractivity contribution is 5.88. The first-order valence-electron chi connectivity index (χ1n) is 9.26. The number of nitrogens with one attached hydrogen (secondary N) is 2. The number of carbonyl (C=O) groups excluding carboxylic acids is 2. The lowest BCUT2D eigenvalue weighted by molar-refractivity contribution is -0.131. The van der Waals surface area contributed by atoms with E-state index in [0.717, 1.165) is 30.5 Å². The molecule has 2 rings (SSSR count). The molecule has 5 heteroatoms. The van der Waals surface area contributed by atoms with Crippen molar-refractivity contribution in [1.29, 1.82) is 0 Å². The molecule has 1 aromatic carbocycles. The fraction of sp³-hybridized carbons (Fsp3) is 0.600. The van der Waals surface area contributed by atoms with E-state index in [-0.39, 0.29) is 29.7 Å². The standard InChI is InChI=1S/C20H31N3O2/c1-12(2)10-18(24)23-19(13(3)4)20(25)22-17-7-5-6-14-11-15(21)8-9-16(14)17/h8-9,11-13,17,19H,5-7,10,21H2,1-4H3,(H,22,25)(H,23,24). The quantitative estimate of drug-likeness (QED) is 0.693. The zero-order valence-electron chi connectivity index (χ0n) is 15.8. The predicted molar refractivity (Wildman–Crippen MR) is 101 cm³/mol. The average Bonchev–Trinajstić information content (AvgIpc) is 2.51. The summed E-state index contributed by atoms with van der Waals surface area (Å²) in [6.45, 7) is 7.90. The van der Waals surface area contributed by atoms with Crippen LogP contribution < -0.4 is 16.4 Å². The number of benzene rings is 1. The number of amides is 2. The number of rotatable bonds is 6. The fourth-order valence-corrected chi connectivity index (χ4v) is 3.38. The molecule has 1 aliphatic carbocycles. The maximum Gasteiger partial charge on any atom is 0.243 e. The topological polar surface area (TPSA) is 84.2 Å². The maximum atomic E-state index is 12.8. The molecule has 0 bridgehead atoms. The maximum absolute atomic E-state index is 12.8. The van der Waals surface area contributed by atoms with Crippen molar-refractivity contribution in [2.24, 2.45) is 11.8 Å². The van der Waals surface area contributed by atoms with Gasteiger partial charge in [-0.2, -0.15) is 0 Å². The molecule has 2 atom stereocenters. The molecule has 0 spiro atoms. The van der Waals surface area contributed by atoms with Crippen LogP contribution in [0.1, 0.15) is 64.1 Å². The van der Waals surface area contributed by atoms with Crippen molar-refractivity contribution in [2.75, 3.05) is 5.73 Å². The average molecular weight is 345 g/mol. The van der Waals surface area contributed by atoms with Crippen LogP contribution in [0.5, 0.6) is 0 Å². The van der Waals surface area contributed by atoms with Crippen molar-refractivity contribution in [2.45, 2.75) is 65.5 Å². The van der Waals surface area contributed by atoms with Gasteiger partial charge in [-0.1, -0.05) is 33.8 Å². The van der Waals surface area contributed by atoms with Crippen molar-refractivity contribution in [3.8, 4) is 0 Å². The van der Waals surface area contributed by atoms with Gasteiger partial charge in [-0.15, -0.1) is 0 Å². The summed E-state index contributed by atoms with van der Waals surface area (Å²) in [5, 5.41) is 6.04. The van der Waals surface area contributed by atoms with Crippen LogP contribution in [0, 0.1) is 11.8 Å². The third-order valence-corrected chi connectivity index (χ3v) is 4.66. The minimum absolute atomic E-state index is 0.0138. The zero-order chi connectivity index (χ0) is 18.6. The van der Waals surface area contributed by atoms with Crippen molar-refractivity contribution in [1.82, 2.24) is 10.6 Å².